The van der Waals surface area contributed by atoms with E-state index < -0.39 is 0 Å². The maximum absolute atomic E-state index is 12.7. The van der Waals surface area contributed by atoms with Gasteiger partial charge in [-0.3, -0.25) is 4.79 Å². The van der Waals surface area contributed by atoms with Crippen LogP contribution in [-0.2, 0) is 4.79 Å². The summed E-state index contributed by atoms with van der Waals surface area (Å²) in [6.45, 7) is 3.13. The quantitative estimate of drug-likeness (QED) is 0.948. The zero-order valence-corrected chi connectivity index (χ0v) is 13.7. The molecule has 1 aliphatic heterocycles. The van der Waals surface area contributed by atoms with Gasteiger partial charge in [0.25, 0.3) is 0 Å². The normalized spacial score (nSPS) is 19.6. The maximum Gasteiger partial charge on any atom is 0.229 e. The van der Waals surface area contributed by atoms with Crippen molar-refractivity contribution < 1.29 is 14.6 Å². The van der Waals surface area contributed by atoms with E-state index >= 15 is 0 Å². The summed E-state index contributed by atoms with van der Waals surface area (Å²) in [4.78, 5) is 14.5. The highest BCUT2D eigenvalue weighted by atomic mass is 16.5. The smallest absolute Gasteiger partial charge is 0.229 e. The Morgan fingerprint density at radius 3 is 2.74 bits per heavy atom. The van der Waals surface area contributed by atoms with E-state index in [4.69, 9.17) is 4.74 Å². The molecule has 0 bridgehead atoms. The fraction of sp³-hybridized carbons (Fsp3) is 0.421. The molecule has 1 heterocycles. The van der Waals surface area contributed by atoms with Crippen molar-refractivity contribution >= 4 is 16.7 Å². The van der Waals surface area contributed by atoms with Gasteiger partial charge in [-0.1, -0.05) is 24.3 Å². The number of aliphatic hydroxyl groups excluding tert-OH is 1. The number of carbonyl (C=O) groups is 1. The van der Waals surface area contributed by atoms with Gasteiger partial charge in [0.15, 0.2) is 0 Å². The van der Waals surface area contributed by atoms with Crippen LogP contribution in [0.3, 0.4) is 0 Å². The molecule has 2 aromatic rings. The van der Waals surface area contributed by atoms with Crippen molar-refractivity contribution in [3.8, 4) is 5.75 Å². The molecule has 0 spiro atoms. The van der Waals surface area contributed by atoms with E-state index in [1.807, 2.05) is 37.3 Å². The molecule has 0 saturated carbocycles. The number of rotatable bonds is 3. The molecule has 4 nitrogen and oxygen atoms in total. The Labute approximate surface area is 136 Å². The van der Waals surface area contributed by atoms with E-state index in [-0.39, 0.29) is 17.9 Å². The van der Waals surface area contributed by atoms with Gasteiger partial charge in [0.05, 0.1) is 19.1 Å². The molecule has 0 aromatic heterocycles. The van der Waals surface area contributed by atoms with Crippen molar-refractivity contribution in [2.45, 2.75) is 31.8 Å². The Morgan fingerprint density at radius 1 is 1.26 bits per heavy atom. The molecule has 122 valence electrons. The topological polar surface area (TPSA) is 49.8 Å². The van der Waals surface area contributed by atoms with Crippen molar-refractivity contribution in [1.82, 2.24) is 4.90 Å². The summed E-state index contributed by atoms with van der Waals surface area (Å²) in [6, 6.07) is 12.0. The number of ether oxygens (including phenoxy) is 1. The first-order chi connectivity index (χ1) is 11.1. The zero-order chi connectivity index (χ0) is 16.4. The van der Waals surface area contributed by atoms with Crippen LogP contribution < -0.4 is 4.74 Å². The van der Waals surface area contributed by atoms with Crippen LogP contribution in [0, 0.1) is 0 Å². The van der Waals surface area contributed by atoms with Crippen LogP contribution in [0.15, 0.2) is 36.4 Å². The number of hydrogen-bond donors (Lipinski definition) is 1. The third-order valence-corrected chi connectivity index (χ3v) is 4.65. The predicted molar refractivity (Wildman–Crippen MR) is 90.7 cm³/mol. The van der Waals surface area contributed by atoms with Gasteiger partial charge in [0, 0.05) is 13.1 Å². The van der Waals surface area contributed by atoms with E-state index in [1.165, 1.54) is 0 Å². The third-order valence-electron chi connectivity index (χ3n) is 4.65. The Kier molecular flexibility index (Phi) is 4.53. The highest BCUT2D eigenvalue weighted by molar-refractivity contribution is 5.88. The number of carbonyl (C=O) groups excluding carboxylic acids is 1. The lowest BCUT2D eigenvalue weighted by molar-refractivity contribution is -0.135. The molecule has 2 atom stereocenters. The number of nitrogens with zero attached hydrogens (tertiary/aromatic N) is 1. The van der Waals surface area contributed by atoms with E-state index in [0.29, 0.717) is 6.54 Å². The predicted octanol–water partition coefficient (Wildman–Crippen LogP) is 2.94. The van der Waals surface area contributed by atoms with E-state index in [9.17, 15) is 9.90 Å². The number of methoxy groups -OCH3 is 1. The van der Waals surface area contributed by atoms with Crippen LogP contribution in [-0.4, -0.2) is 42.2 Å². The number of amides is 1. The average Bonchev–Trinajstić information content (AvgIpc) is 2.59. The average molecular weight is 313 g/mol. The van der Waals surface area contributed by atoms with Gasteiger partial charge in [-0.2, -0.15) is 0 Å². The van der Waals surface area contributed by atoms with Crippen molar-refractivity contribution in [2.75, 3.05) is 20.2 Å². The first kappa shape index (κ1) is 15.8. The minimum atomic E-state index is -0.385. The standard InChI is InChI=1S/C19H23NO3/c1-13(19(22)20-9-3-4-17(21)12-20)14-5-6-16-11-18(23-2)8-7-15(16)10-14/h5-8,10-11,13,17,21H,3-4,9,12H2,1-2H3/t13-,17?/m0/s1. The summed E-state index contributed by atoms with van der Waals surface area (Å²) < 4.78 is 5.24. The van der Waals surface area contributed by atoms with Crippen LogP contribution in [0.1, 0.15) is 31.2 Å². The lowest BCUT2D eigenvalue weighted by Crippen LogP contribution is -2.43. The fourth-order valence-electron chi connectivity index (χ4n) is 3.21. The number of benzene rings is 2. The highest BCUT2D eigenvalue weighted by Gasteiger charge is 2.26. The van der Waals surface area contributed by atoms with Crippen LogP contribution in [0.2, 0.25) is 0 Å². The summed E-state index contributed by atoms with van der Waals surface area (Å²) >= 11 is 0. The second-order valence-corrected chi connectivity index (χ2v) is 6.27. The number of piperidine rings is 1. The third kappa shape index (κ3) is 3.32. The van der Waals surface area contributed by atoms with Crippen LogP contribution in [0.4, 0.5) is 0 Å². The molecule has 1 aliphatic rings. The van der Waals surface area contributed by atoms with Crippen molar-refractivity contribution in [2.24, 2.45) is 0 Å². The van der Waals surface area contributed by atoms with Crippen molar-refractivity contribution in [1.29, 1.82) is 0 Å². The van der Waals surface area contributed by atoms with Gasteiger partial charge >= 0.3 is 0 Å². The Hall–Kier alpha value is -2.07. The SMILES string of the molecule is COc1ccc2cc([C@H](C)C(=O)N3CCCC(O)C3)ccc2c1. The van der Waals surface area contributed by atoms with Gasteiger partial charge in [-0.05, 0) is 48.2 Å². The summed E-state index contributed by atoms with van der Waals surface area (Å²) in [5, 5.41) is 12.0. The Bertz CT molecular complexity index is 713. The largest absolute Gasteiger partial charge is 0.497 e. The first-order valence-corrected chi connectivity index (χ1v) is 8.13. The molecule has 1 fully saturated rings. The second kappa shape index (κ2) is 6.59. The Morgan fingerprint density at radius 2 is 2.00 bits per heavy atom. The number of β-amino-alcohol motifs (C(OH)–C–C–N with tert-alkyl or cyclic N) is 1. The van der Waals surface area contributed by atoms with Gasteiger partial charge in [-0.25, -0.2) is 0 Å². The molecule has 2 aromatic carbocycles. The number of likely N-dealkylation sites (tertiary alicyclic amines) is 1. The lowest BCUT2D eigenvalue weighted by Gasteiger charge is -2.32. The summed E-state index contributed by atoms with van der Waals surface area (Å²) in [6.07, 6.45) is 1.27. The lowest BCUT2D eigenvalue weighted by atomic mass is 9.95. The van der Waals surface area contributed by atoms with Crippen LogP contribution in [0.25, 0.3) is 10.8 Å². The van der Waals surface area contributed by atoms with Crippen LogP contribution in [0.5, 0.6) is 5.75 Å². The van der Waals surface area contributed by atoms with Crippen LogP contribution >= 0.6 is 0 Å². The molecular weight excluding hydrogens is 290 g/mol. The second-order valence-electron chi connectivity index (χ2n) is 6.27. The van der Waals surface area contributed by atoms with Crippen molar-refractivity contribution in [3.63, 3.8) is 0 Å². The Balaban J connectivity index is 1.82. The van der Waals surface area contributed by atoms with Gasteiger partial charge in [0.1, 0.15) is 5.75 Å². The summed E-state index contributed by atoms with van der Waals surface area (Å²) in [7, 11) is 1.66. The number of fused-ring (bicyclic) bond motifs is 1. The van der Waals surface area contributed by atoms with E-state index in [1.54, 1.807) is 12.0 Å². The zero-order valence-electron chi connectivity index (χ0n) is 13.7. The minimum Gasteiger partial charge on any atom is -0.497 e. The highest BCUT2D eigenvalue weighted by Crippen LogP contribution is 2.26. The molecule has 1 unspecified atom stereocenters. The first-order valence-electron chi connectivity index (χ1n) is 8.13. The molecule has 4 heteroatoms. The van der Waals surface area contributed by atoms with Gasteiger partial charge in [-0.15, -0.1) is 0 Å². The summed E-state index contributed by atoms with van der Waals surface area (Å²) in [5.74, 6) is 0.722. The number of hydrogen-bond acceptors (Lipinski definition) is 3. The van der Waals surface area contributed by atoms with E-state index in [0.717, 1.165) is 41.5 Å². The molecule has 1 saturated heterocycles. The molecule has 0 aliphatic carbocycles. The maximum atomic E-state index is 12.7. The van der Waals surface area contributed by atoms with E-state index in [2.05, 4.69) is 6.07 Å². The van der Waals surface area contributed by atoms with Gasteiger partial charge in [0.2, 0.25) is 5.91 Å². The molecule has 1 amide bonds. The number of aliphatic hydroxyl groups is 1. The summed E-state index contributed by atoms with van der Waals surface area (Å²) in [5.41, 5.74) is 1.01. The fourth-order valence-corrected chi connectivity index (χ4v) is 3.21. The molecule has 1 N–H and O–H groups in total. The minimum absolute atomic E-state index is 0.0941. The monoisotopic (exact) mass is 313 g/mol. The molecular formula is C19H23NO3. The van der Waals surface area contributed by atoms with Gasteiger partial charge < -0.3 is 14.7 Å². The molecule has 0 radical (unpaired) electrons. The van der Waals surface area contributed by atoms with Crippen molar-refractivity contribution in [3.05, 3.63) is 42.0 Å². The molecule has 23 heavy (non-hydrogen) atoms. The molecule has 3 rings (SSSR count).